The SMILES string of the molecule is CCc1ccc(C2CNCC(C(=O)N(C(=O)C3CCCO3)c3ccccc3)C2)cc1. The number of aryl methyl sites for hydroxylation is 1. The van der Waals surface area contributed by atoms with Gasteiger partial charge in [0.1, 0.15) is 6.10 Å². The van der Waals surface area contributed by atoms with E-state index in [1.165, 1.54) is 16.0 Å². The van der Waals surface area contributed by atoms with E-state index < -0.39 is 6.10 Å². The van der Waals surface area contributed by atoms with Gasteiger partial charge in [-0.1, -0.05) is 49.4 Å². The maximum absolute atomic E-state index is 13.6. The van der Waals surface area contributed by atoms with Crippen LogP contribution in [0.5, 0.6) is 0 Å². The predicted octanol–water partition coefficient (Wildman–Crippen LogP) is 3.68. The lowest BCUT2D eigenvalue weighted by atomic mass is 9.84. The second kappa shape index (κ2) is 9.54. The molecule has 2 aliphatic heterocycles. The maximum atomic E-state index is 13.6. The highest BCUT2D eigenvalue weighted by atomic mass is 16.5. The molecule has 2 amide bonds. The number of carbonyl (C=O) groups is 2. The molecule has 2 fully saturated rings. The minimum absolute atomic E-state index is 0.135. The van der Waals surface area contributed by atoms with Crippen LogP contribution in [-0.4, -0.2) is 37.6 Å². The molecular weight excluding hydrogens is 376 g/mol. The average Bonchev–Trinajstić information content (AvgIpc) is 3.35. The molecule has 0 bridgehead atoms. The van der Waals surface area contributed by atoms with Crippen LogP contribution in [0.15, 0.2) is 54.6 Å². The third-order valence-corrected chi connectivity index (χ3v) is 6.22. The largest absolute Gasteiger partial charge is 0.368 e. The molecule has 3 atom stereocenters. The highest BCUT2D eigenvalue weighted by molar-refractivity contribution is 6.17. The zero-order chi connectivity index (χ0) is 20.9. The number of hydrogen-bond donors (Lipinski definition) is 1. The quantitative estimate of drug-likeness (QED) is 0.770. The van der Waals surface area contributed by atoms with Crippen LogP contribution in [0.3, 0.4) is 0 Å². The summed E-state index contributed by atoms with van der Waals surface area (Å²) in [6, 6.07) is 17.9. The average molecular weight is 407 g/mol. The van der Waals surface area contributed by atoms with Gasteiger partial charge in [-0.05, 0) is 54.9 Å². The van der Waals surface area contributed by atoms with Gasteiger partial charge >= 0.3 is 0 Å². The fourth-order valence-corrected chi connectivity index (χ4v) is 4.45. The normalized spacial score (nSPS) is 23.8. The molecule has 2 heterocycles. The fraction of sp³-hybridized carbons (Fsp3) is 0.440. The molecule has 3 unspecified atom stereocenters. The van der Waals surface area contributed by atoms with Crippen LogP contribution in [0.4, 0.5) is 5.69 Å². The first kappa shape index (κ1) is 20.8. The van der Waals surface area contributed by atoms with Gasteiger partial charge in [0.05, 0.1) is 11.6 Å². The van der Waals surface area contributed by atoms with Gasteiger partial charge in [-0.3, -0.25) is 9.59 Å². The van der Waals surface area contributed by atoms with E-state index in [9.17, 15) is 9.59 Å². The number of rotatable bonds is 5. The number of benzene rings is 2. The molecule has 1 N–H and O–H groups in total. The Balaban J connectivity index is 1.54. The van der Waals surface area contributed by atoms with Gasteiger partial charge < -0.3 is 10.1 Å². The van der Waals surface area contributed by atoms with Crippen LogP contribution >= 0.6 is 0 Å². The second-order valence-electron chi connectivity index (χ2n) is 8.23. The first-order valence-electron chi connectivity index (χ1n) is 11.0. The summed E-state index contributed by atoms with van der Waals surface area (Å²) in [4.78, 5) is 28.2. The Morgan fingerprint density at radius 1 is 1.03 bits per heavy atom. The number of carbonyl (C=O) groups excluding carboxylic acids is 2. The Kier molecular flexibility index (Phi) is 6.60. The van der Waals surface area contributed by atoms with Crippen molar-refractivity contribution in [1.29, 1.82) is 0 Å². The van der Waals surface area contributed by atoms with Gasteiger partial charge in [-0.15, -0.1) is 0 Å². The Hall–Kier alpha value is -2.50. The Labute approximate surface area is 178 Å². The molecule has 5 nitrogen and oxygen atoms in total. The van der Waals surface area contributed by atoms with Gasteiger partial charge in [0.2, 0.25) is 5.91 Å². The summed E-state index contributed by atoms with van der Waals surface area (Å²) in [5.74, 6) is -0.364. The topological polar surface area (TPSA) is 58.6 Å². The van der Waals surface area contributed by atoms with Crippen molar-refractivity contribution in [1.82, 2.24) is 5.32 Å². The van der Waals surface area contributed by atoms with E-state index in [0.29, 0.717) is 25.3 Å². The van der Waals surface area contributed by atoms with Crippen molar-refractivity contribution < 1.29 is 14.3 Å². The molecule has 0 aliphatic carbocycles. The number of para-hydroxylation sites is 1. The summed E-state index contributed by atoms with van der Waals surface area (Å²) in [5, 5.41) is 3.42. The molecule has 2 aromatic carbocycles. The van der Waals surface area contributed by atoms with Crippen LogP contribution < -0.4 is 10.2 Å². The highest BCUT2D eigenvalue weighted by Crippen LogP contribution is 2.30. The number of nitrogens with zero attached hydrogens (tertiary/aromatic N) is 1. The third-order valence-electron chi connectivity index (χ3n) is 6.22. The van der Waals surface area contributed by atoms with E-state index in [0.717, 1.165) is 25.8 Å². The van der Waals surface area contributed by atoms with Crippen molar-refractivity contribution >= 4 is 17.5 Å². The lowest BCUT2D eigenvalue weighted by Crippen LogP contribution is -2.50. The summed E-state index contributed by atoms with van der Waals surface area (Å²) in [7, 11) is 0. The highest BCUT2D eigenvalue weighted by Gasteiger charge is 2.38. The molecule has 2 aromatic rings. The number of ether oxygens (including phenoxy) is 1. The lowest BCUT2D eigenvalue weighted by molar-refractivity contribution is -0.134. The molecule has 4 rings (SSSR count). The molecule has 2 aliphatic rings. The molecule has 2 saturated heterocycles. The van der Waals surface area contributed by atoms with E-state index >= 15 is 0 Å². The fourth-order valence-electron chi connectivity index (χ4n) is 4.45. The van der Waals surface area contributed by atoms with Crippen LogP contribution in [0.25, 0.3) is 0 Å². The van der Waals surface area contributed by atoms with Gasteiger partial charge in [-0.25, -0.2) is 4.90 Å². The molecule has 0 aromatic heterocycles. The molecule has 0 saturated carbocycles. The van der Waals surface area contributed by atoms with Gasteiger partial charge in [0.25, 0.3) is 5.91 Å². The van der Waals surface area contributed by atoms with E-state index in [2.05, 4.69) is 36.5 Å². The monoisotopic (exact) mass is 406 g/mol. The zero-order valence-electron chi connectivity index (χ0n) is 17.5. The third kappa shape index (κ3) is 4.47. The lowest BCUT2D eigenvalue weighted by Gasteiger charge is -2.33. The summed E-state index contributed by atoms with van der Waals surface area (Å²) < 4.78 is 5.61. The van der Waals surface area contributed by atoms with Crippen molar-refractivity contribution in [2.24, 2.45) is 5.92 Å². The van der Waals surface area contributed by atoms with Crippen molar-refractivity contribution in [3.05, 3.63) is 65.7 Å². The molecule has 158 valence electrons. The summed E-state index contributed by atoms with van der Waals surface area (Å²) >= 11 is 0. The van der Waals surface area contributed by atoms with Crippen molar-refractivity contribution in [2.45, 2.75) is 44.6 Å². The molecule has 5 heteroatoms. The van der Waals surface area contributed by atoms with E-state index in [4.69, 9.17) is 4.74 Å². The van der Waals surface area contributed by atoms with E-state index in [1.807, 2.05) is 30.3 Å². The van der Waals surface area contributed by atoms with Gasteiger partial charge in [0, 0.05) is 19.7 Å². The van der Waals surface area contributed by atoms with Crippen LogP contribution in [0.2, 0.25) is 0 Å². The van der Waals surface area contributed by atoms with Gasteiger partial charge in [-0.2, -0.15) is 0 Å². The predicted molar refractivity (Wildman–Crippen MR) is 117 cm³/mol. The summed E-state index contributed by atoms with van der Waals surface area (Å²) in [5.41, 5.74) is 3.18. The molecule has 30 heavy (non-hydrogen) atoms. The Morgan fingerprint density at radius 2 is 1.80 bits per heavy atom. The summed E-state index contributed by atoms with van der Waals surface area (Å²) in [6.07, 6.45) is 2.75. The van der Waals surface area contributed by atoms with Crippen molar-refractivity contribution in [3.8, 4) is 0 Å². The minimum atomic E-state index is -0.525. The molecule has 0 radical (unpaired) electrons. The first-order chi connectivity index (χ1) is 14.7. The summed E-state index contributed by atoms with van der Waals surface area (Å²) in [6.45, 7) is 4.16. The van der Waals surface area contributed by atoms with Gasteiger partial charge in [0.15, 0.2) is 0 Å². The second-order valence-corrected chi connectivity index (χ2v) is 8.23. The number of nitrogens with one attached hydrogen (secondary N) is 1. The number of imide groups is 1. The van der Waals surface area contributed by atoms with E-state index in [1.54, 1.807) is 0 Å². The number of amides is 2. The van der Waals surface area contributed by atoms with Crippen molar-refractivity contribution in [3.63, 3.8) is 0 Å². The van der Waals surface area contributed by atoms with E-state index in [-0.39, 0.29) is 23.7 Å². The Bertz CT molecular complexity index is 860. The Morgan fingerprint density at radius 3 is 2.47 bits per heavy atom. The standard InChI is InChI=1S/C25H30N2O3/c1-2-18-10-12-19(13-11-18)20-15-21(17-26-16-20)24(28)27(22-7-4-3-5-8-22)25(29)23-9-6-14-30-23/h3-5,7-8,10-13,20-21,23,26H,2,6,9,14-17H2,1H3. The van der Waals surface area contributed by atoms with Crippen LogP contribution in [0.1, 0.15) is 43.2 Å². The zero-order valence-corrected chi connectivity index (χ0v) is 17.5. The number of anilines is 1. The molecule has 0 spiro atoms. The van der Waals surface area contributed by atoms with Crippen LogP contribution in [0, 0.1) is 5.92 Å². The number of piperidine rings is 1. The van der Waals surface area contributed by atoms with Crippen LogP contribution in [-0.2, 0) is 20.7 Å². The number of hydrogen-bond acceptors (Lipinski definition) is 4. The smallest absolute Gasteiger partial charge is 0.262 e. The minimum Gasteiger partial charge on any atom is -0.368 e. The molecular formula is C25H30N2O3. The maximum Gasteiger partial charge on any atom is 0.262 e. The first-order valence-corrected chi connectivity index (χ1v) is 11.0. The van der Waals surface area contributed by atoms with Crippen molar-refractivity contribution in [2.75, 3.05) is 24.6 Å².